The fourth-order valence-electron chi connectivity index (χ4n) is 3.38. The number of nitrogens with one attached hydrogen (secondary N) is 1. The molecule has 2 aliphatic rings. The molecule has 1 saturated carbocycles. The van der Waals surface area contributed by atoms with E-state index in [1.165, 1.54) is 6.07 Å². The first-order valence-corrected chi connectivity index (χ1v) is 9.15. The van der Waals surface area contributed by atoms with Gasteiger partial charge in [0.2, 0.25) is 0 Å². The van der Waals surface area contributed by atoms with Crippen molar-refractivity contribution >= 4 is 23.1 Å². The van der Waals surface area contributed by atoms with Gasteiger partial charge in [-0.05, 0) is 32.3 Å². The van der Waals surface area contributed by atoms with E-state index in [2.05, 4.69) is 12.2 Å². The van der Waals surface area contributed by atoms with Crippen LogP contribution in [0.4, 0.5) is 21.9 Å². The van der Waals surface area contributed by atoms with Crippen molar-refractivity contribution in [2.75, 3.05) is 23.3 Å². The summed E-state index contributed by atoms with van der Waals surface area (Å²) in [6, 6.07) is 5.39. The zero-order valence-corrected chi connectivity index (χ0v) is 14.9. The molecule has 1 atom stereocenters. The molecule has 136 valence electrons. The Morgan fingerprint density at radius 2 is 2.12 bits per heavy atom. The molecule has 1 N–H and O–H groups in total. The molecule has 1 saturated heterocycles. The number of carbonyl (C=O) groups excluding carboxylic acids is 1. The summed E-state index contributed by atoms with van der Waals surface area (Å²) in [6.07, 6.45) is 5.20. The van der Waals surface area contributed by atoms with Gasteiger partial charge in [0.15, 0.2) is 0 Å². The molecule has 7 heteroatoms. The number of nitro groups is 1. The lowest BCUT2D eigenvalue weighted by Gasteiger charge is -2.23. The molecule has 2 fully saturated rings. The maximum atomic E-state index is 12.7. The first-order chi connectivity index (χ1) is 12.0. The summed E-state index contributed by atoms with van der Waals surface area (Å²) < 4.78 is 0. The van der Waals surface area contributed by atoms with Crippen LogP contribution in [0.3, 0.4) is 0 Å². The lowest BCUT2D eigenvalue weighted by molar-refractivity contribution is -0.383. The summed E-state index contributed by atoms with van der Waals surface area (Å²) in [4.78, 5) is 27.4. The van der Waals surface area contributed by atoms with E-state index in [0.717, 1.165) is 32.1 Å². The zero-order chi connectivity index (χ0) is 18.0. The summed E-state index contributed by atoms with van der Waals surface area (Å²) in [5.41, 5.74) is 1.10. The predicted octanol–water partition coefficient (Wildman–Crippen LogP) is 3.99. The molecule has 7 nitrogen and oxygen atoms in total. The van der Waals surface area contributed by atoms with E-state index in [1.54, 1.807) is 17.0 Å². The number of unbranched alkanes of at least 4 members (excludes halogenated alkanes) is 1. The van der Waals surface area contributed by atoms with Gasteiger partial charge in [0, 0.05) is 31.2 Å². The van der Waals surface area contributed by atoms with E-state index in [9.17, 15) is 14.9 Å². The van der Waals surface area contributed by atoms with Gasteiger partial charge < -0.3 is 10.2 Å². The number of benzene rings is 1. The number of hydrogen-bond acceptors (Lipinski definition) is 4. The van der Waals surface area contributed by atoms with Gasteiger partial charge in [0.05, 0.1) is 10.6 Å². The molecule has 2 amide bonds. The number of carbonyl (C=O) groups is 1. The minimum Gasteiger partial charge on any atom is -0.375 e. The second kappa shape index (κ2) is 7.29. The number of amides is 2. The van der Waals surface area contributed by atoms with Gasteiger partial charge in [0.1, 0.15) is 5.69 Å². The molecule has 0 bridgehead atoms. The Labute approximate surface area is 148 Å². The van der Waals surface area contributed by atoms with Crippen molar-refractivity contribution in [1.82, 2.24) is 4.90 Å². The third kappa shape index (κ3) is 3.70. The standard InChI is InChI=1S/C18H26N4O3/c1-3-4-6-13(2)19-17-15(7-5-8-16(17)22(24)25)21-12-11-20(18(21)23)14-9-10-14/h5,7-8,13-14,19H,3-4,6,9-12H2,1-2H3. The van der Waals surface area contributed by atoms with E-state index in [4.69, 9.17) is 0 Å². The van der Waals surface area contributed by atoms with Crippen LogP contribution >= 0.6 is 0 Å². The fraction of sp³-hybridized carbons (Fsp3) is 0.611. The lowest BCUT2D eigenvalue weighted by Crippen LogP contribution is -2.33. The van der Waals surface area contributed by atoms with Crippen LogP contribution in [0.25, 0.3) is 0 Å². The molecule has 0 radical (unpaired) electrons. The second-order valence-corrected chi connectivity index (χ2v) is 6.97. The van der Waals surface area contributed by atoms with Crippen LogP contribution < -0.4 is 10.2 Å². The normalized spacial score (nSPS) is 18.6. The summed E-state index contributed by atoms with van der Waals surface area (Å²) >= 11 is 0. The number of rotatable bonds is 8. The number of nitrogens with zero attached hydrogens (tertiary/aromatic N) is 3. The smallest absolute Gasteiger partial charge is 0.324 e. The Morgan fingerprint density at radius 3 is 2.76 bits per heavy atom. The van der Waals surface area contributed by atoms with E-state index in [0.29, 0.717) is 30.5 Å². The highest BCUT2D eigenvalue weighted by molar-refractivity contribution is 5.99. The van der Waals surface area contributed by atoms with E-state index in [1.807, 2.05) is 11.8 Å². The number of hydrogen-bond donors (Lipinski definition) is 1. The fourth-order valence-corrected chi connectivity index (χ4v) is 3.38. The monoisotopic (exact) mass is 346 g/mol. The third-order valence-electron chi connectivity index (χ3n) is 4.92. The lowest BCUT2D eigenvalue weighted by atomic mass is 10.1. The SMILES string of the molecule is CCCCC(C)Nc1c(N2CCN(C3CC3)C2=O)cccc1[N+](=O)[O-]. The first kappa shape index (κ1) is 17.5. The summed E-state index contributed by atoms with van der Waals surface area (Å²) in [7, 11) is 0. The van der Waals surface area contributed by atoms with E-state index < -0.39 is 0 Å². The molecule has 1 aromatic carbocycles. The molecule has 1 aliphatic carbocycles. The van der Waals surface area contributed by atoms with Gasteiger partial charge in [-0.2, -0.15) is 0 Å². The zero-order valence-electron chi connectivity index (χ0n) is 14.9. The van der Waals surface area contributed by atoms with Crippen molar-refractivity contribution in [2.45, 2.75) is 58.0 Å². The van der Waals surface area contributed by atoms with Crippen LogP contribution in [-0.4, -0.2) is 41.0 Å². The van der Waals surface area contributed by atoms with Gasteiger partial charge in [-0.3, -0.25) is 15.0 Å². The highest BCUT2D eigenvalue weighted by atomic mass is 16.6. The molecule has 25 heavy (non-hydrogen) atoms. The average Bonchev–Trinajstić information content (AvgIpc) is 3.36. The molecule has 0 aromatic heterocycles. The van der Waals surface area contributed by atoms with Gasteiger partial charge in [-0.1, -0.05) is 25.8 Å². The van der Waals surface area contributed by atoms with Crippen molar-refractivity contribution in [1.29, 1.82) is 0 Å². The summed E-state index contributed by atoms with van der Waals surface area (Å²) in [5, 5.41) is 14.8. The Morgan fingerprint density at radius 1 is 1.36 bits per heavy atom. The topological polar surface area (TPSA) is 78.7 Å². The van der Waals surface area contributed by atoms with Crippen molar-refractivity contribution in [3.05, 3.63) is 28.3 Å². The van der Waals surface area contributed by atoms with Gasteiger partial charge >= 0.3 is 6.03 Å². The summed E-state index contributed by atoms with van der Waals surface area (Å²) in [5.74, 6) is 0. The highest BCUT2D eigenvalue weighted by Crippen LogP contribution is 2.39. The highest BCUT2D eigenvalue weighted by Gasteiger charge is 2.40. The number of urea groups is 1. The second-order valence-electron chi connectivity index (χ2n) is 6.97. The van der Waals surface area contributed by atoms with Crippen LogP contribution in [0.1, 0.15) is 46.0 Å². The third-order valence-corrected chi connectivity index (χ3v) is 4.92. The predicted molar refractivity (Wildman–Crippen MR) is 98.2 cm³/mol. The average molecular weight is 346 g/mol. The summed E-state index contributed by atoms with van der Waals surface area (Å²) in [6.45, 7) is 5.42. The van der Waals surface area contributed by atoms with Gasteiger partial charge in [-0.25, -0.2) is 4.79 Å². The van der Waals surface area contributed by atoms with Gasteiger partial charge in [-0.15, -0.1) is 0 Å². The van der Waals surface area contributed by atoms with Gasteiger partial charge in [0.25, 0.3) is 5.69 Å². The van der Waals surface area contributed by atoms with Crippen LogP contribution in [0.15, 0.2) is 18.2 Å². The molecule has 1 aliphatic heterocycles. The Kier molecular flexibility index (Phi) is 5.11. The van der Waals surface area contributed by atoms with Crippen LogP contribution in [0, 0.1) is 10.1 Å². The molecular formula is C18H26N4O3. The Balaban J connectivity index is 1.88. The molecule has 0 spiro atoms. The van der Waals surface area contributed by atoms with Crippen LogP contribution in [0.5, 0.6) is 0 Å². The van der Waals surface area contributed by atoms with Crippen molar-refractivity contribution in [2.24, 2.45) is 0 Å². The van der Waals surface area contributed by atoms with Crippen molar-refractivity contribution < 1.29 is 9.72 Å². The molecule has 1 heterocycles. The number of nitro benzene ring substituents is 1. The molecule has 3 rings (SSSR count). The van der Waals surface area contributed by atoms with Crippen molar-refractivity contribution in [3.63, 3.8) is 0 Å². The minimum atomic E-state index is -0.377. The van der Waals surface area contributed by atoms with E-state index in [-0.39, 0.29) is 22.7 Å². The molecular weight excluding hydrogens is 320 g/mol. The molecule has 1 unspecified atom stereocenters. The Bertz CT molecular complexity index is 660. The van der Waals surface area contributed by atoms with Crippen molar-refractivity contribution in [3.8, 4) is 0 Å². The maximum Gasteiger partial charge on any atom is 0.324 e. The minimum absolute atomic E-state index is 0.0264. The Hall–Kier alpha value is -2.31. The first-order valence-electron chi connectivity index (χ1n) is 9.15. The number of anilines is 2. The largest absolute Gasteiger partial charge is 0.375 e. The quantitative estimate of drug-likeness (QED) is 0.570. The van der Waals surface area contributed by atoms with Crippen LogP contribution in [0.2, 0.25) is 0 Å². The maximum absolute atomic E-state index is 12.7. The molecule has 1 aromatic rings. The van der Waals surface area contributed by atoms with E-state index >= 15 is 0 Å². The van der Waals surface area contributed by atoms with Crippen LogP contribution in [-0.2, 0) is 0 Å². The number of para-hydroxylation sites is 1.